The van der Waals surface area contributed by atoms with Crippen LogP contribution in [0.3, 0.4) is 0 Å². The van der Waals surface area contributed by atoms with Crippen LogP contribution in [0.15, 0.2) is 12.3 Å². The van der Waals surface area contributed by atoms with E-state index in [-0.39, 0.29) is 0 Å². The van der Waals surface area contributed by atoms with Crippen molar-refractivity contribution in [1.82, 2.24) is 9.97 Å². The van der Waals surface area contributed by atoms with Gasteiger partial charge in [-0.05, 0) is 31.7 Å². The van der Waals surface area contributed by atoms with Crippen molar-refractivity contribution < 1.29 is 0 Å². The molecule has 1 aromatic rings. The summed E-state index contributed by atoms with van der Waals surface area (Å²) in [5, 5.41) is 0. The molecule has 0 radical (unpaired) electrons. The minimum Gasteiger partial charge on any atom is -0.338 e. The van der Waals surface area contributed by atoms with Crippen LogP contribution in [-0.4, -0.2) is 22.6 Å². The third-order valence-corrected chi connectivity index (χ3v) is 4.01. The molecule has 0 fully saturated rings. The zero-order valence-corrected chi connectivity index (χ0v) is 16.4. The van der Waals surface area contributed by atoms with E-state index in [0.717, 1.165) is 31.0 Å². The lowest BCUT2D eigenvalue weighted by Crippen LogP contribution is -2.37. The number of aryl methyl sites for hydroxylation is 1. The Morgan fingerprint density at radius 2 is 1.57 bits per heavy atom. The summed E-state index contributed by atoms with van der Waals surface area (Å²) in [6.45, 7) is 14.0. The Morgan fingerprint density at radius 1 is 0.957 bits per heavy atom. The number of hydrogen-bond donors (Lipinski definition) is 0. The smallest absolute Gasteiger partial charge is 0.225 e. The Morgan fingerprint density at radius 3 is 2.04 bits per heavy atom. The van der Waals surface area contributed by atoms with E-state index < -0.39 is 0 Å². The highest BCUT2D eigenvalue weighted by Gasteiger charge is 2.19. The summed E-state index contributed by atoms with van der Waals surface area (Å²) in [5.41, 5.74) is 1.14. The molecule has 0 aliphatic carbocycles. The van der Waals surface area contributed by atoms with Crippen LogP contribution in [0.4, 0.5) is 5.95 Å². The fourth-order valence-corrected chi connectivity index (χ4v) is 2.74. The number of hydrogen-bond acceptors (Lipinski definition) is 3. The molecule has 0 atom stereocenters. The van der Waals surface area contributed by atoms with Crippen molar-refractivity contribution in [1.29, 1.82) is 0 Å². The first-order valence-corrected chi connectivity index (χ1v) is 9.85. The van der Waals surface area contributed by atoms with E-state index >= 15 is 0 Å². The van der Waals surface area contributed by atoms with Crippen molar-refractivity contribution in [2.24, 2.45) is 0 Å². The normalized spacial score (nSPS) is 10.4. The molecule has 1 aromatic heterocycles. The predicted octanol–water partition coefficient (Wildman–Crippen LogP) is 6.03. The van der Waals surface area contributed by atoms with Crippen LogP contribution in [0.25, 0.3) is 0 Å². The van der Waals surface area contributed by atoms with Gasteiger partial charge in [-0.15, -0.1) is 0 Å². The highest BCUT2D eigenvalue weighted by molar-refractivity contribution is 5.32. The minimum absolute atomic E-state index is 0.594. The molecule has 0 amide bonds. The van der Waals surface area contributed by atoms with Gasteiger partial charge in [0.15, 0.2) is 0 Å². The second-order valence-electron chi connectivity index (χ2n) is 5.83. The fourth-order valence-electron chi connectivity index (χ4n) is 2.74. The number of unbranched alkanes of at least 4 members (excludes halogenated alkanes) is 2. The van der Waals surface area contributed by atoms with Gasteiger partial charge in [-0.2, -0.15) is 0 Å². The average Bonchev–Trinajstić information content (AvgIpc) is 2.62. The summed E-state index contributed by atoms with van der Waals surface area (Å²) >= 11 is 0. The lowest BCUT2D eigenvalue weighted by atomic mass is 10.0. The molecular formula is C20H39N3. The van der Waals surface area contributed by atoms with E-state index in [2.05, 4.69) is 37.6 Å². The van der Waals surface area contributed by atoms with Gasteiger partial charge in [0.1, 0.15) is 0 Å². The third-order valence-electron chi connectivity index (χ3n) is 4.01. The SMILES string of the molecule is CC.CCCCC(CCCC)N(CCC)c1nccc(CC)n1. The number of nitrogens with zero attached hydrogens (tertiary/aromatic N) is 3. The summed E-state index contributed by atoms with van der Waals surface area (Å²) in [6.07, 6.45) is 11.7. The molecule has 3 heteroatoms. The molecule has 1 rings (SSSR count). The Hall–Kier alpha value is -1.12. The number of rotatable bonds is 11. The lowest BCUT2D eigenvalue weighted by molar-refractivity contribution is 0.471. The summed E-state index contributed by atoms with van der Waals surface area (Å²) in [5.74, 6) is 0.938. The minimum atomic E-state index is 0.594. The van der Waals surface area contributed by atoms with Crippen molar-refractivity contribution in [3.05, 3.63) is 18.0 Å². The van der Waals surface area contributed by atoms with Crippen molar-refractivity contribution in [2.75, 3.05) is 11.4 Å². The zero-order chi connectivity index (χ0) is 17.5. The van der Waals surface area contributed by atoms with E-state index in [1.54, 1.807) is 0 Å². The zero-order valence-electron chi connectivity index (χ0n) is 16.4. The van der Waals surface area contributed by atoms with E-state index in [1.807, 2.05) is 26.1 Å². The molecule has 0 saturated carbocycles. The maximum atomic E-state index is 4.76. The van der Waals surface area contributed by atoms with Crippen LogP contribution in [0.5, 0.6) is 0 Å². The lowest BCUT2D eigenvalue weighted by Gasteiger charge is -2.32. The maximum absolute atomic E-state index is 4.76. The first kappa shape index (κ1) is 21.9. The highest BCUT2D eigenvalue weighted by atomic mass is 15.3. The quantitative estimate of drug-likeness (QED) is 0.498. The van der Waals surface area contributed by atoms with Gasteiger partial charge in [-0.25, -0.2) is 9.97 Å². The Labute approximate surface area is 144 Å². The Kier molecular flexibility index (Phi) is 13.8. The predicted molar refractivity (Wildman–Crippen MR) is 103 cm³/mol. The standard InChI is InChI=1S/C18H33N3.C2H6/c1-5-9-11-17(12-10-6-2)21(15-7-3)18-19-14-13-16(8-4)20-18;1-2/h13-14,17H,5-12,15H2,1-4H3;1-2H3. The van der Waals surface area contributed by atoms with Gasteiger partial charge in [0.2, 0.25) is 5.95 Å². The van der Waals surface area contributed by atoms with Crippen LogP contribution in [0.1, 0.15) is 92.2 Å². The van der Waals surface area contributed by atoms with Crippen LogP contribution >= 0.6 is 0 Å². The molecule has 0 bridgehead atoms. The van der Waals surface area contributed by atoms with Crippen molar-refractivity contribution in [2.45, 2.75) is 99.0 Å². The van der Waals surface area contributed by atoms with E-state index in [4.69, 9.17) is 4.98 Å². The van der Waals surface area contributed by atoms with Crippen LogP contribution in [0.2, 0.25) is 0 Å². The number of aromatic nitrogens is 2. The second-order valence-corrected chi connectivity index (χ2v) is 5.83. The molecule has 0 saturated heterocycles. The Bertz CT molecular complexity index is 371. The van der Waals surface area contributed by atoms with Gasteiger partial charge in [-0.3, -0.25) is 0 Å². The molecule has 134 valence electrons. The third kappa shape index (κ3) is 8.34. The van der Waals surface area contributed by atoms with Gasteiger partial charge in [0.05, 0.1) is 0 Å². The van der Waals surface area contributed by atoms with Gasteiger partial charge in [0.25, 0.3) is 0 Å². The van der Waals surface area contributed by atoms with E-state index in [9.17, 15) is 0 Å². The van der Waals surface area contributed by atoms with Crippen molar-refractivity contribution in [3.8, 4) is 0 Å². The molecule has 3 nitrogen and oxygen atoms in total. The molecule has 1 heterocycles. The molecule has 0 aromatic carbocycles. The fraction of sp³-hybridized carbons (Fsp3) is 0.800. The summed E-state index contributed by atoms with van der Waals surface area (Å²) in [7, 11) is 0. The summed E-state index contributed by atoms with van der Waals surface area (Å²) in [4.78, 5) is 11.8. The van der Waals surface area contributed by atoms with Crippen LogP contribution < -0.4 is 4.90 Å². The molecule has 0 aliphatic rings. The Balaban J connectivity index is 0.00000232. The largest absolute Gasteiger partial charge is 0.338 e. The summed E-state index contributed by atoms with van der Waals surface area (Å²) in [6, 6.07) is 2.62. The van der Waals surface area contributed by atoms with Crippen LogP contribution in [0, 0.1) is 0 Å². The first-order chi connectivity index (χ1) is 11.3. The highest BCUT2D eigenvalue weighted by Crippen LogP contribution is 2.21. The van der Waals surface area contributed by atoms with E-state index in [0.29, 0.717) is 6.04 Å². The second kappa shape index (κ2) is 14.5. The van der Waals surface area contributed by atoms with Crippen LogP contribution in [-0.2, 0) is 6.42 Å². The molecule has 23 heavy (non-hydrogen) atoms. The first-order valence-electron chi connectivity index (χ1n) is 9.85. The number of anilines is 1. The van der Waals surface area contributed by atoms with Gasteiger partial charge in [-0.1, -0.05) is 67.2 Å². The molecular weight excluding hydrogens is 282 g/mol. The molecule has 0 spiro atoms. The maximum Gasteiger partial charge on any atom is 0.225 e. The monoisotopic (exact) mass is 321 g/mol. The van der Waals surface area contributed by atoms with Gasteiger partial charge >= 0.3 is 0 Å². The average molecular weight is 322 g/mol. The van der Waals surface area contributed by atoms with Gasteiger partial charge < -0.3 is 4.90 Å². The topological polar surface area (TPSA) is 29.0 Å². The van der Waals surface area contributed by atoms with Crippen molar-refractivity contribution >= 4 is 5.95 Å². The molecule has 0 unspecified atom stereocenters. The van der Waals surface area contributed by atoms with Gasteiger partial charge in [0, 0.05) is 24.5 Å². The molecule has 0 aliphatic heterocycles. The molecule has 0 N–H and O–H groups in total. The van der Waals surface area contributed by atoms with E-state index in [1.165, 1.54) is 38.5 Å². The summed E-state index contributed by atoms with van der Waals surface area (Å²) < 4.78 is 0. The van der Waals surface area contributed by atoms with Crippen molar-refractivity contribution in [3.63, 3.8) is 0 Å².